The molecule has 0 aliphatic carbocycles. The van der Waals surface area contributed by atoms with Crippen LogP contribution in [0.2, 0.25) is 5.02 Å². The van der Waals surface area contributed by atoms with Gasteiger partial charge in [-0.2, -0.15) is 9.36 Å². The lowest BCUT2D eigenvalue weighted by molar-refractivity contribution is -0.114. The molecule has 2 aromatic carbocycles. The number of hydrogen-bond donors (Lipinski definition) is 1. The number of nitrogens with one attached hydrogen (secondary N) is 1. The van der Waals surface area contributed by atoms with Crippen molar-refractivity contribution >= 4 is 34.8 Å². The van der Waals surface area contributed by atoms with Crippen molar-refractivity contribution in [2.75, 3.05) is 14.2 Å². The number of ether oxygens (including phenoxy) is 2. The molecule has 1 amide bonds. The fourth-order valence-corrected chi connectivity index (χ4v) is 3.29. The van der Waals surface area contributed by atoms with E-state index in [0.717, 1.165) is 17.6 Å². The van der Waals surface area contributed by atoms with Crippen LogP contribution in [-0.4, -0.2) is 35.1 Å². The third kappa shape index (κ3) is 5.89. The zero-order chi connectivity index (χ0) is 22.2. The van der Waals surface area contributed by atoms with E-state index in [1.165, 1.54) is 26.3 Å². The van der Waals surface area contributed by atoms with Crippen molar-refractivity contribution in [3.63, 3.8) is 0 Å². The highest BCUT2D eigenvalue weighted by molar-refractivity contribution is 7.07. The zero-order valence-corrected chi connectivity index (χ0v) is 18.2. The maximum absolute atomic E-state index is 13.1. The van der Waals surface area contributed by atoms with Crippen LogP contribution < -0.4 is 14.8 Å². The first-order valence-corrected chi connectivity index (χ1v) is 10.1. The third-order valence-corrected chi connectivity index (χ3v) is 4.91. The van der Waals surface area contributed by atoms with Crippen molar-refractivity contribution in [2.24, 2.45) is 5.16 Å². The lowest BCUT2D eigenvalue weighted by atomic mass is 10.0. The summed E-state index contributed by atoms with van der Waals surface area (Å²) >= 11 is 6.99. The Labute approximate surface area is 186 Å². The van der Waals surface area contributed by atoms with E-state index in [0.29, 0.717) is 27.9 Å². The van der Waals surface area contributed by atoms with Crippen molar-refractivity contribution in [3.8, 4) is 10.9 Å². The molecule has 11 heteroatoms. The van der Waals surface area contributed by atoms with E-state index in [9.17, 15) is 9.18 Å². The van der Waals surface area contributed by atoms with Crippen molar-refractivity contribution in [1.82, 2.24) is 14.7 Å². The summed E-state index contributed by atoms with van der Waals surface area (Å²) < 4.78 is 28.5. The number of likely N-dealkylation sites (N-methyl/N-ethyl adjacent to an activating group) is 1. The van der Waals surface area contributed by atoms with Crippen molar-refractivity contribution in [1.29, 1.82) is 0 Å². The number of aromatic nitrogens is 2. The van der Waals surface area contributed by atoms with Crippen LogP contribution in [0.1, 0.15) is 17.0 Å². The predicted octanol–water partition coefficient (Wildman–Crippen LogP) is 3.59. The first-order valence-electron chi connectivity index (χ1n) is 8.96. The molecule has 0 saturated heterocycles. The van der Waals surface area contributed by atoms with Crippen LogP contribution in [0, 0.1) is 5.82 Å². The second-order valence-corrected chi connectivity index (χ2v) is 7.11. The number of amides is 1. The second kappa shape index (κ2) is 10.7. The highest BCUT2D eigenvalue weighted by Gasteiger charge is 2.18. The minimum absolute atomic E-state index is 0.0448. The molecule has 0 fully saturated rings. The van der Waals surface area contributed by atoms with Crippen LogP contribution in [0.3, 0.4) is 0 Å². The summed E-state index contributed by atoms with van der Waals surface area (Å²) in [6, 6.07) is 11.0. The van der Waals surface area contributed by atoms with Crippen LogP contribution in [0.15, 0.2) is 47.6 Å². The third-order valence-electron chi connectivity index (χ3n) is 3.95. The summed E-state index contributed by atoms with van der Waals surface area (Å²) in [4.78, 5) is 21.2. The van der Waals surface area contributed by atoms with Crippen LogP contribution in [0.25, 0.3) is 0 Å². The predicted molar refractivity (Wildman–Crippen MR) is 114 cm³/mol. The Balaban J connectivity index is 1.66. The number of halogens is 2. The second-order valence-electron chi connectivity index (χ2n) is 5.99. The highest BCUT2D eigenvalue weighted by atomic mass is 35.5. The Morgan fingerprint density at radius 3 is 2.77 bits per heavy atom. The van der Waals surface area contributed by atoms with Gasteiger partial charge in [0.05, 0.1) is 5.02 Å². The summed E-state index contributed by atoms with van der Waals surface area (Å²) in [6.45, 7) is 0.179. The lowest BCUT2D eigenvalue weighted by Gasteiger charge is -2.10. The van der Waals surface area contributed by atoms with Crippen molar-refractivity contribution in [3.05, 3.63) is 70.3 Å². The molecule has 0 spiro atoms. The molecule has 1 heterocycles. The van der Waals surface area contributed by atoms with Crippen molar-refractivity contribution in [2.45, 2.75) is 13.2 Å². The molecule has 1 aromatic heterocycles. The number of carbonyl (C=O) groups is 1. The molecule has 3 aromatic rings. The molecule has 162 valence electrons. The standard InChI is InChI=1S/C20H18ClFN4O4S/c1-23-19(27)18(25-28-2)14-6-4-3-5-12(14)10-30-20-24-17(26-31-20)11-29-16-8-7-13(22)9-15(16)21/h3-9H,10-11H2,1-2H3,(H,23,27)/b25-18+. The first-order chi connectivity index (χ1) is 15.0. The van der Waals surface area contributed by atoms with Gasteiger partial charge in [-0.1, -0.05) is 41.0 Å². The molecule has 0 saturated carbocycles. The zero-order valence-electron chi connectivity index (χ0n) is 16.6. The Bertz CT molecular complexity index is 1090. The first kappa shape index (κ1) is 22.4. The molecule has 31 heavy (non-hydrogen) atoms. The summed E-state index contributed by atoms with van der Waals surface area (Å²) in [5.41, 5.74) is 1.42. The van der Waals surface area contributed by atoms with Gasteiger partial charge in [0.25, 0.3) is 11.1 Å². The Morgan fingerprint density at radius 2 is 2.03 bits per heavy atom. The SMILES string of the molecule is CNC(=O)/C(=N/OC)c1ccccc1COc1nc(COc2ccc(F)cc2Cl)ns1. The number of hydrogen-bond acceptors (Lipinski definition) is 8. The van der Waals surface area contributed by atoms with E-state index < -0.39 is 5.82 Å². The van der Waals surface area contributed by atoms with Crippen LogP contribution in [0.5, 0.6) is 10.9 Å². The topological polar surface area (TPSA) is 94.9 Å². The molecular formula is C20H18ClFN4O4S. The van der Waals surface area contributed by atoms with E-state index in [1.54, 1.807) is 12.1 Å². The largest absolute Gasteiger partial charge is 0.484 e. The average Bonchev–Trinajstić information content (AvgIpc) is 3.23. The van der Waals surface area contributed by atoms with Gasteiger partial charge >= 0.3 is 0 Å². The maximum Gasteiger partial charge on any atom is 0.293 e. The number of nitrogens with zero attached hydrogens (tertiary/aromatic N) is 3. The van der Waals surface area contributed by atoms with Crippen LogP contribution in [-0.2, 0) is 22.8 Å². The summed E-state index contributed by atoms with van der Waals surface area (Å²) in [6.07, 6.45) is 0. The molecule has 3 rings (SSSR count). The van der Waals surface area contributed by atoms with Gasteiger partial charge in [0.15, 0.2) is 11.5 Å². The Hall–Kier alpha value is -3.24. The lowest BCUT2D eigenvalue weighted by Crippen LogP contribution is -2.29. The van der Waals surface area contributed by atoms with E-state index >= 15 is 0 Å². The summed E-state index contributed by atoms with van der Waals surface area (Å²) in [5.74, 6) is -0.117. The quantitative estimate of drug-likeness (QED) is 0.384. The number of oxime groups is 1. The molecule has 0 radical (unpaired) electrons. The molecule has 0 atom stereocenters. The van der Waals surface area contributed by atoms with Gasteiger partial charge in [-0.25, -0.2) is 4.39 Å². The smallest absolute Gasteiger partial charge is 0.293 e. The van der Waals surface area contributed by atoms with E-state index in [4.69, 9.17) is 25.9 Å². The van der Waals surface area contributed by atoms with Gasteiger partial charge in [0.1, 0.15) is 31.9 Å². The Morgan fingerprint density at radius 1 is 1.23 bits per heavy atom. The molecule has 1 N–H and O–H groups in total. The number of rotatable bonds is 9. The molecule has 0 aliphatic rings. The van der Waals surface area contributed by atoms with Gasteiger partial charge in [-0.3, -0.25) is 4.79 Å². The number of benzene rings is 2. The molecule has 0 unspecified atom stereocenters. The summed E-state index contributed by atoms with van der Waals surface area (Å²) in [7, 11) is 2.88. The van der Waals surface area contributed by atoms with Crippen LogP contribution >= 0.6 is 23.1 Å². The molecular weight excluding hydrogens is 447 g/mol. The normalized spacial score (nSPS) is 11.2. The monoisotopic (exact) mass is 464 g/mol. The Kier molecular flexibility index (Phi) is 7.74. The van der Waals surface area contributed by atoms with E-state index in [-0.39, 0.29) is 29.9 Å². The molecule has 0 aliphatic heterocycles. The van der Waals surface area contributed by atoms with Gasteiger partial charge in [0.2, 0.25) is 0 Å². The van der Waals surface area contributed by atoms with E-state index in [2.05, 4.69) is 19.8 Å². The van der Waals surface area contributed by atoms with Gasteiger partial charge in [-0.05, 0) is 23.8 Å². The fourth-order valence-electron chi connectivity index (χ4n) is 2.53. The number of carbonyl (C=O) groups excluding carboxylic acids is 1. The van der Waals surface area contributed by atoms with Crippen molar-refractivity contribution < 1.29 is 23.5 Å². The highest BCUT2D eigenvalue weighted by Crippen LogP contribution is 2.26. The average molecular weight is 465 g/mol. The maximum atomic E-state index is 13.1. The minimum Gasteiger partial charge on any atom is -0.484 e. The molecule has 0 bridgehead atoms. The summed E-state index contributed by atoms with van der Waals surface area (Å²) in [5, 5.41) is 6.84. The van der Waals surface area contributed by atoms with Gasteiger partial charge < -0.3 is 19.6 Å². The van der Waals surface area contributed by atoms with Gasteiger partial charge in [-0.15, -0.1) is 0 Å². The van der Waals surface area contributed by atoms with Crippen LogP contribution in [0.4, 0.5) is 4.39 Å². The van der Waals surface area contributed by atoms with E-state index in [1.807, 2.05) is 12.1 Å². The minimum atomic E-state index is -0.449. The molecule has 8 nitrogen and oxygen atoms in total. The fraction of sp³-hybridized carbons (Fsp3) is 0.200. The van der Waals surface area contributed by atoms with Gasteiger partial charge in [0, 0.05) is 24.1 Å².